The molecule has 2 aromatic carbocycles. The summed E-state index contributed by atoms with van der Waals surface area (Å²) in [5.74, 6) is 1.50. The average molecular weight is 339 g/mol. The van der Waals surface area contributed by atoms with Crippen LogP contribution < -0.4 is 4.74 Å². The van der Waals surface area contributed by atoms with E-state index in [9.17, 15) is 0 Å². The molecule has 0 amide bonds. The van der Waals surface area contributed by atoms with Gasteiger partial charge in [0.05, 0.1) is 14.5 Å². The van der Waals surface area contributed by atoms with Crippen LogP contribution in [0.3, 0.4) is 0 Å². The van der Waals surface area contributed by atoms with Crippen molar-refractivity contribution < 1.29 is 4.74 Å². The van der Waals surface area contributed by atoms with Gasteiger partial charge in [-0.15, -0.1) is 0 Å². The summed E-state index contributed by atoms with van der Waals surface area (Å²) in [5.41, 5.74) is 3.69. The number of benzene rings is 2. The summed E-state index contributed by atoms with van der Waals surface area (Å²) in [6.07, 6.45) is 0. The number of hydrogen-bond acceptors (Lipinski definition) is 2. The lowest BCUT2D eigenvalue weighted by Crippen LogP contribution is -2.24. The van der Waals surface area contributed by atoms with Crippen molar-refractivity contribution in [1.82, 2.24) is 4.90 Å². The summed E-state index contributed by atoms with van der Waals surface area (Å²) in [6.45, 7) is 11.6. The molecule has 25 heavy (non-hydrogen) atoms. The number of ether oxygens (including phenoxy) is 1. The van der Waals surface area contributed by atoms with Gasteiger partial charge in [-0.25, -0.2) is 0 Å². The van der Waals surface area contributed by atoms with Gasteiger partial charge in [-0.1, -0.05) is 70.1 Å². The third-order valence-electron chi connectivity index (χ3n) is 3.57. The third kappa shape index (κ3) is 8.26. The molecule has 2 aromatic rings. The van der Waals surface area contributed by atoms with Crippen molar-refractivity contribution in [3.05, 3.63) is 54.1 Å². The van der Waals surface area contributed by atoms with E-state index in [1.807, 2.05) is 19.9 Å². The summed E-state index contributed by atoms with van der Waals surface area (Å²) in [5, 5.41) is 0. The maximum atomic E-state index is 6.03. The van der Waals surface area contributed by atoms with Gasteiger partial charge in [-0.3, -0.25) is 0 Å². The fourth-order valence-electron chi connectivity index (χ4n) is 2.61. The Hall–Kier alpha value is -1.74. The van der Waals surface area contributed by atoms with Gasteiger partial charge in [-0.2, -0.15) is 0 Å². The highest BCUT2D eigenvalue weighted by Gasteiger charge is 2.09. The van der Waals surface area contributed by atoms with Crippen molar-refractivity contribution in [3.8, 4) is 16.9 Å². The molecule has 0 N–H and O–H groups in total. The molecule has 0 aliphatic carbocycles. The molecule has 0 heterocycles. The Morgan fingerprint density at radius 3 is 2.12 bits per heavy atom. The Balaban J connectivity index is 0.00000134. The zero-order valence-corrected chi connectivity index (χ0v) is 17.0. The molecule has 0 spiro atoms. The average Bonchev–Trinajstić information content (AvgIpc) is 2.64. The number of hydrogen-bond donors (Lipinski definition) is 0. The molecule has 2 radical (unpaired) electrons. The SMILES string of the molecule is CC.Cc1c(OC[C@H](C)CN(C)C)cccc1-c1ccccc1.[B]C. The zero-order chi connectivity index (χ0) is 19.2. The van der Waals surface area contributed by atoms with E-state index in [0.717, 1.165) is 18.9 Å². The molecule has 0 bridgehead atoms. The van der Waals surface area contributed by atoms with Crippen LogP contribution in [0, 0.1) is 12.8 Å². The quantitative estimate of drug-likeness (QED) is 0.647. The highest BCUT2D eigenvalue weighted by molar-refractivity contribution is 6.05. The topological polar surface area (TPSA) is 12.5 Å². The van der Waals surface area contributed by atoms with E-state index in [4.69, 9.17) is 4.74 Å². The predicted molar refractivity (Wildman–Crippen MR) is 113 cm³/mol. The molecular weight excluding hydrogens is 305 g/mol. The highest BCUT2D eigenvalue weighted by Crippen LogP contribution is 2.30. The molecule has 2 rings (SSSR count). The van der Waals surface area contributed by atoms with Crippen LogP contribution in [0.5, 0.6) is 5.75 Å². The minimum Gasteiger partial charge on any atom is -0.493 e. The van der Waals surface area contributed by atoms with Crippen molar-refractivity contribution in [3.63, 3.8) is 0 Å². The molecule has 0 aliphatic rings. The number of rotatable bonds is 6. The molecule has 0 saturated carbocycles. The lowest BCUT2D eigenvalue weighted by molar-refractivity contribution is 0.221. The Morgan fingerprint density at radius 2 is 1.56 bits per heavy atom. The van der Waals surface area contributed by atoms with Crippen LogP contribution in [-0.4, -0.2) is 40.0 Å². The summed E-state index contributed by atoms with van der Waals surface area (Å²) in [4.78, 5) is 2.20. The Bertz CT molecular complexity index is 569. The molecule has 136 valence electrons. The first kappa shape index (κ1) is 23.3. The summed E-state index contributed by atoms with van der Waals surface area (Å²) in [6, 6.07) is 16.7. The van der Waals surface area contributed by atoms with Crippen LogP contribution in [0.25, 0.3) is 11.1 Å². The van der Waals surface area contributed by atoms with Gasteiger partial charge in [0.15, 0.2) is 0 Å². The Labute approximate surface area is 156 Å². The van der Waals surface area contributed by atoms with Crippen molar-refractivity contribution in [2.24, 2.45) is 5.92 Å². The van der Waals surface area contributed by atoms with Gasteiger partial charge in [0.2, 0.25) is 0 Å². The predicted octanol–water partition coefficient (Wildman–Crippen LogP) is 5.47. The van der Waals surface area contributed by atoms with Gasteiger partial charge >= 0.3 is 0 Å². The minimum absolute atomic E-state index is 0.514. The molecule has 0 aliphatic heterocycles. The Morgan fingerprint density at radius 1 is 0.960 bits per heavy atom. The smallest absolute Gasteiger partial charge is 0.122 e. The van der Waals surface area contributed by atoms with Crippen molar-refractivity contribution in [1.29, 1.82) is 0 Å². The third-order valence-corrected chi connectivity index (χ3v) is 3.57. The maximum Gasteiger partial charge on any atom is 0.122 e. The lowest BCUT2D eigenvalue weighted by Gasteiger charge is -2.19. The van der Waals surface area contributed by atoms with Crippen LogP contribution in [0.15, 0.2) is 48.5 Å². The van der Waals surface area contributed by atoms with Crippen LogP contribution in [0.4, 0.5) is 0 Å². The lowest BCUT2D eigenvalue weighted by atomic mass is 10.00. The van der Waals surface area contributed by atoms with E-state index in [1.165, 1.54) is 23.5 Å². The molecule has 0 saturated heterocycles. The summed E-state index contributed by atoms with van der Waals surface area (Å²) < 4.78 is 6.03. The normalized spacial score (nSPS) is 10.9. The molecular formula is C22H34BNO. The zero-order valence-electron chi connectivity index (χ0n) is 17.0. The molecule has 2 nitrogen and oxygen atoms in total. The van der Waals surface area contributed by atoms with Gasteiger partial charge in [-0.05, 0) is 43.8 Å². The van der Waals surface area contributed by atoms with E-state index >= 15 is 0 Å². The Kier molecular flexibility index (Phi) is 12.6. The van der Waals surface area contributed by atoms with E-state index in [0.29, 0.717) is 5.92 Å². The summed E-state index contributed by atoms with van der Waals surface area (Å²) >= 11 is 0. The molecule has 0 fully saturated rings. The van der Waals surface area contributed by atoms with E-state index in [1.54, 1.807) is 0 Å². The minimum atomic E-state index is 0.514. The van der Waals surface area contributed by atoms with Gasteiger partial charge in [0.1, 0.15) is 5.75 Å². The first-order valence-electron chi connectivity index (χ1n) is 9.08. The second-order valence-electron chi connectivity index (χ2n) is 5.97. The van der Waals surface area contributed by atoms with E-state index in [-0.39, 0.29) is 0 Å². The second kappa shape index (κ2) is 13.5. The first-order valence-corrected chi connectivity index (χ1v) is 9.08. The van der Waals surface area contributed by atoms with Gasteiger partial charge in [0.25, 0.3) is 0 Å². The maximum absolute atomic E-state index is 6.03. The number of nitrogens with zero attached hydrogens (tertiary/aromatic N) is 1. The fourth-order valence-corrected chi connectivity index (χ4v) is 2.61. The first-order chi connectivity index (χ1) is 12.1. The monoisotopic (exact) mass is 339 g/mol. The van der Waals surface area contributed by atoms with E-state index < -0.39 is 0 Å². The fraction of sp³-hybridized carbons (Fsp3) is 0.455. The van der Waals surface area contributed by atoms with Crippen LogP contribution in [0.1, 0.15) is 26.3 Å². The van der Waals surface area contributed by atoms with Crippen LogP contribution in [0.2, 0.25) is 6.82 Å². The highest BCUT2D eigenvalue weighted by atomic mass is 16.5. The van der Waals surface area contributed by atoms with Crippen LogP contribution >= 0.6 is 0 Å². The molecule has 1 atom stereocenters. The van der Waals surface area contributed by atoms with Crippen LogP contribution in [-0.2, 0) is 0 Å². The van der Waals surface area contributed by atoms with Crippen molar-refractivity contribution in [2.45, 2.75) is 34.5 Å². The van der Waals surface area contributed by atoms with E-state index in [2.05, 4.69) is 83.2 Å². The standard InChI is InChI=1S/C19H25NO.C2H6.CH3B/c1-15(13-20(3)4)14-21-19-12-8-11-18(16(19)2)17-9-6-5-7-10-17;2*1-2/h5-12,15H,13-14H2,1-4H3;1-2H3;1H3/t15-;;/m1../s1. The molecule has 3 heteroatoms. The van der Waals surface area contributed by atoms with Crippen molar-refractivity contribution >= 4 is 7.85 Å². The van der Waals surface area contributed by atoms with Gasteiger partial charge in [0, 0.05) is 12.5 Å². The summed E-state index contributed by atoms with van der Waals surface area (Å²) in [7, 11) is 8.69. The molecule has 0 aromatic heterocycles. The molecule has 0 unspecified atom stereocenters. The largest absolute Gasteiger partial charge is 0.493 e. The second-order valence-corrected chi connectivity index (χ2v) is 5.97. The van der Waals surface area contributed by atoms with Gasteiger partial charge < -0.3 is 9.64 Å². The van der Waals surface area contributed by atoms with Crippen molar-refractivity contribution in [2.75, 3.05) is 27.2 Å².